The van der Waals surface area contributed by atoms with Crippen LogP contribution in [0.4, 0.5) is 0 Å². The number of carbonyl (C=O) groups is 1. The summed E-state index contributed by atoms with van der Waals surface area (Å²) in [4.78, 5) is 14.2. The molecule has 0 aliphatic heterocycles. The molecule has 6 aliphatic carbocycles. The maximum absolute atomic E-state index is 14.7. The average Bonchev–Trinajstić information content (AvgIpc) is 3.82. The second-order valence-corrected chi connectivity index (χ2v) is 19.7. The summed E-state index contributed by atoms with van der Waals surface area (Å²) in [7, 11) is -4.08. The number of sulfonamides is 1. The molecule has 4 nitrogen and oxygen atoms in total. The Balaban J connectivity index is 1.27. The maximum Gasteiger partial charge on any atom is 0.266 e. The van der Waals surface area contributed by atoms with Crippen molar-refractivity contribution in [2.75, 3.05) is 0 Å². The highest BCUT2D eigenvalue weighted by Gasteiger charge is 2.48. The van der Waals surface area contributed by atoms with Crippen molar-refractivity contribution < 1.29 is 13.2 Å². The van der Waals surface area contributed by atoms with Gasteiger partial charge in [-0.1, -0.05) is 31.4 Å². The van der Waals surface area contributed by atoms with Gasteiger partial charge in [-0.3, -0.25) is 4.79 Å². The molecule has 6 aliphatic rings. The Morgan fingerprint density at radius 2 is 1.17 bits per heavy atom. The van der Waals surface area contributed by atoms with Gasteiger partial charge >= 0.3 is 0 Å². The zero-order chi connectivity index (χ0) is 28.9. The van der Waals surface area contributed by atoms with Gasteiger partial charge in [0.15, 0.2) is 0 Å². The molecule has 1 amide bonds. The van der Waals surface area contributed by atoms with Crippen LogP contribution >= 0.6 is 67.8 Å². The van der Waals surface area contributed by atoms with Crippen LogP contribution in [-0.4, -0.2) is 14.3 Å². The zero-order valence-electron chi connectivity index (χ0n) is 23.8. The van der Waals surface area contributed by atoms with Gasteiger partial charge in [-0.15, -0.1) is 0 Å². The SMILES string of the molecule is O=C(NS(=O)(=O)c1c(C2CC3CCC2C3)cc(C2CC3CCC2C3)cc1C1CC2CCC1C2)c1cc(I)cc(I)c1I. The van der Waals surface area contributed by atoms with Gasteiger partial charge in [0.2, 0.25) is 0 Å². The van der Waals surface area contributed by atoms with Crippen LogP contribution in [0, 0.1) is 46.2 Å². The zero-order valence-corrected chi connectivity index (χ0v) is 31.0. The third kappa shape index (κ3) is 5.04. The molecule has 9 unspecified atom stereocenters. The van der Waals surface area contributed by atoms with Crippen LogP contribution in [-0.2, 0) is 10.0 Å². The van der Waals surface area contributed by atoms with Gasteiger partial charge in [0.1, 0.15) is 0 Å². The number of hydrogen-bond acceptors (Lipinski definition) is 3. The maximum atomic E-state index is 14.7. The van der Waals surface area contributed by atoms with Gasteiger partial charge < -0.3 is 0 Å². The topological polar surface area (TPSA) is 63.2 Å². The molecule has 2 aromatic carbocycles. The number of benzene rings is 2. The Hall–Kier alpha value is 0.0500. The highest BCUT2D eigenvalue weighted by Crippen LogP contribution is 2.59. The average molecular weight is 921 g/mol. The summed E-state index contributed by atoms with van der Waals surface area (Å²) in [6, 6.07) is 8.53. The molecule has 6 saturated carbocycles. The minimum Gasteiger partial charge on any atom is -0.268 e. The van der Waals surface area contributed by atoms with E-state index in [-0.39, 0.29) is 0 Å². The van der Waals surface area contributed by atoms with E-state index in [0.29, 0.717) is 40.0 Å². The van der Waals surface area contributed by atoms with Gasteiger partial charge in [-0.2, -0.15) is 0 Å². The molecule has 8 heteroatoms. The normalized spacial score (nSPS) is 36.3. The van der Waals surface area contributed by atoms with Crippen molar-refractivity contribution >= 4 is 83.7 Å². The van der Waals surface area contributed by atoms with Crippen LogP contribution in [0.3, 0.4) is 0 Å². The molecule has 6 fully saturated rings. The fourth-order valence-corrected chi connectivity index (χ4v) is 14.5. The molecule has 224 valence electrons. The van der Waals surface area contributed by atoms with E-state index in [9.17, 15) is 13.2 Å². The fourth-order valence-electron chi connectivity index (χ4n) is 10.6. The largest absolute Gasteiger partial charge is 0.268 e. The Morgan fingerprint density at radius 1 is 0.667 bits per heavy atom. The minimum atomic E-state index is -4.08. The van der Waals surface area contributed by atoms with Crippen molar-refractivity contribution in [3.8, 4) is 0 Å². The number of fused-ring (bicyclic) bond motifs is 6. The lowest BCUT2D eigenvalue weighted by molar-refractivity contribution is 0.0980. The van der Waals surface area contributed by atoms with E-state index in [1.54, 1.807) is 6.07 Å². The summed E-state index contributed by atoms with van der Waals surface area (Å²) in [5, 5.41) is 0. The first-order chi connectivity index (χ1) is 20.1. The second kappa shape index (κ2) is 11.1. The Labute approximate surface area is 291 Å². The fraction of sp³-hybridized carbons (Fsp3) is 0.618. The van der Waals surface area contributed by atoms with Crippen LogP contribution in [0.5, 0.6) is 0 Å². The lowest BCUT2D eigenvalue weighted by Gasteiger charge is -2.32. The second-order valence-electron chi connectivity index (χ2n) is 14.6. The number of rotatable bonds is 6. The standard InChI is InChI=1S/C34H38I3NO3S/c35-24-15-30(32(37)31(36)16-24)34(39)38-42(40,41)33-28(26-11-18-2-5-21(26)8-18)13-23(25-10-17-1-4-20(25)7-17)14-29(33)27-12-19-3-6-22(27)9-19/h13-22,25-27H,1-12H2,(H,38,39). The molecular weight excluding hydrogens is 883 g/mol. The molecule has 42 heavy (non-hydrogen) atoms. The first kappa shape index (κ1) is 29.5. The summed E-state index contributed by atoms with van der Waals surface area (Å²) >= 11 is 6.60. The Bertz CT molecular complexity index is 1520. The van der Waals surface area contributed by atoms with Crippen molar-refractivity contribution in [3.05, 3.63) is 57.2 Å². The van der Waals surface area contributed by atoms with Crippen molar-refractivity contribution in [1.82, 2.24) is 4.72 Å². The van der Waals surface area contributed by atoms with Crippen molar-refractivity contribution in [2.45, 2.75) is 99.7 Å². The third-order valence-corrected chi connectivity index (χ3v) is 17.5. The molecule has 0 spiro atoms. The number of amides is 1. The van der Waals surface area contributed by atoms with Crippen molar-refractivity contribution in [1.29, 1.82) is 0 Å². The monoisotopic (exact) mass is 921 g/mol. The number of nitrogens with one attached hydrogen (secondary N) is 1. The molecule has 8 rings (SSSR count). The highest BCUT2D eigenvalue weighted by molar-refractivity contribution is 14.1. The van der Waals surface area contributed by atoms with E-state index in [1.807, 2.05) is 6.07 Å². The van der Waals surface area contributed by atoms with Crippen LogP contribution < -0.4 is 4.72 Å². The molecule has 0 aromatic heterocycles. The van der Waals surface area contributed by atoms with Gasteiger partial charge in [0.05, 0.1) is 10.5 Å². The minimum absolute atomic E-state index is 0.292. The third-order valence-electron chi connectivity index (χ3n) is 12.3. The van der Waals surface area contributed by atoms with Crippen LogP contribution in [0.15, 0.2) is 29.2 Å². The van der Waals surface area contributed by atoms with Crippen LogP contribution in [0.2, 0.25) is 0 Å². The summed E-state index contributed by atoms with van der Waals surface area (Å²) in [5.41, 5.74) is 3.99. The Morgan fingerprint density at radius 3 is 1.62 bits per heavy atom. The molecular formula is C34H38I3NO3S. The predicted octanol–water partition coefficient (Wildman–Crippen LogP) is 9.33. The van der Waals surface area contributed by atoms with E-state index in [2.05, 4.69) is 84.6 Å². The summed E-state index contributed by atoms with van der Waals surface area (Å²) in [6.07, 6.45) is 15.0. The molecule has 0 heterocycles. The summed E-state index contributed by atoms with van der Waals surface area (Å²) in [5.74, 6) is 4.82. The number of hydrogen-bond donors (Lipinski definition) is 1. The first-order valence-corrected chi connectivity index (χ1v) is 20.8. The van der Waals surface area contributed by atoms with Gasteiger partial charge in [0, 0.05) is 10.7 Å². The summed E-state index contributed by atoms with van der Waals surface area (Å²) < 4.78 is 34.7. The number of halogens is 3. The van der Waals surface area contributed by atoms with E-state index in [4.69, 9.17) is 0 Å². The smallest absolute Gasteiger partial charge is 0.266 e. The molecule has 9 atom stereocenters. The van der Waals surface area contributed by atoms with E-state index < -0.39 is 15.9 Å². The highest BCUT2D eigenvalue weighted by atomic mass is 127. The van der Waals surface area contributed by atoms with E-state index >= 15 is 0 Å². The predicted molar refractivity (Wildman–Crippen MR) is 190 cm³/mol. The van der Waals surface area contributed by atoms with Crippen molar-refractivity contribution in [3.63, 3.8) is 0 Å². The Kier molecular flexibility index (Phi) is 7.78. The van der Waals surface area contributed by atoms with Gasteiger partial charge in [0.25, 0.3) is 15.9 Å². The van der Waals surface area contributed by atoms with Gasteiger partial charge in [-0.05, 0) is 208 Å². The van der Waals surface area contributed by atoms with Crippen LogP contribution in [0.25, 0.3) is 0 Å². The molecule has 1 N–H and O–H groups in total. The van der Waals surface area contributed by atoms with Crippen LogP contribution in [0.1, 0.15) is 122 Å². The molecule has 0 saturated heterocycles. The van der Waals surface area contributed by atoms with E-state index in [1.165, 1.54) is 69.8 Å². The quantitative estimate of drug-likeness (QED) is 0.232. The molecule has 2 aromatic rings. The molecule has 6 bridgehead atoms. The van der Waals surface area contributed by atoms with Gasteiger partial charge in [-0.25, -0.2) is 13.1 Å². The van der Waals surface area contributed by atoms with Crippen molar-refractivity contribution in [2.24, 2.45) is 35.5 Å². The van der Waals surface area contributed by atoms with E-state index in [0.717, 1.165) is 58.4 Å². The summed E-state index contributed by atoms with van der Waals surface area (Å²) in [6.45, 7) is 0. The first-order valence-electron chi connectivity index (χ1n) is 16.0. The lowest BCUT2D eigenvalue weighted by Crippen LogP contribution is -2.34. The lowest BCUT2D eigenvalue weighted by atomic mass is 9.75. The number of carbonyl (C=O) groups excluding carboxylic acids is 1. The molecule has 0 radical (unpaired) electrons.